The molecule has 5 nitrogen and oxygen atoms in total. The molecule has 0 heterocycles. The molecule has 5 heteroatoms. The number of carboxylic acid groups (broad SMARTS) is 1. The van der Waals surface area contributed by atoms with Gasteiger partial charge in [-0.1, -0.05) is 19.9 Å². The Kier molecular flexibility index (Phi) is 6.21. The summed E-state index contributed by atoms with van der Waals surface area (Å²) in [7, 11) is 1.43. The van der Waals surface area contributed by atoms with E-state index in [2.05, 4.69) is 0 Å². The third kappa shape index (κ3) is 4.48. The zero-order valence-corrected chi connectivity index (χ0v) is 12.9. The molecule has 0 bridgehead atoms. The number of benzene rings is 1. The fourth-order valence-corrected chi connectivity index (χ4v) is 2.14. The molecule has 1 aromatic carbocycles. The number of carbonyl (C=O) groups is 2. The minimum absolute atomic E-state index is 0.0985. The maximum Gasteiger partial charge on any atom is 0.339 e. The number of carbonyl (C=O) groups excluding carboxylic acids is 1. The van der Waals surface area contributed by atoms with Crippen LogP contribution in [0.15, 0.2) is 18.2 Å². The Bertz CT molecular complexity index is 507. The molecule has 1 rings (SSSR count). The van der Waals surface area contributed by atoms with Crippen LogP contribution < -0.4 is 4.74 Å². The molecule has 1 atom stereocenters. The predicted molar refractivity (Wildman–Crippen MR) is 78.6 cm³/mol. The first-order chi connectivity index (χ1) is 9.90. The van der Waals surface area contributed by atoms with Crippen molar-refractivity contribution in [2.75, 3.05) is 13.7 Å². The molecule has 0 fully saturated rings. The molecule has 0 radical (unpaired) electrons. The fourth-order valence-electron chi connectivity index (χ4n) is 2.14. The topological polar surface area (TPSA) is 72.8 Å². The molecule has 0 aliphatic rings. The zero-order valence-electron chi connectivity index (χ0n) is 12.9. The van der Waals surface area contributed by atoms with Crippen LogP contribution in [0.1, 0.15) is 36.7 Å². The number of hydrogen-bond acceptors (Lipinski definition) is 4. The molecule has 0 saturated carbocycles. The molecule has 0 saturated heterocycles. The fraction of sp³-hybridized carbons (Fsp3) is 0.500. The van der Waals surface area contributed by atoms with E-state index in [9.17, 15) is 14.7 Å². The Balaban J connectivity index is 3.02. The number of rotatable bonds is 7. The van der Waals surface area contributed by atoms with Crippen molar-refractivity contribution in [1.29, 1.82) is 0 Å². The molecule has 21 heavy (non-hydrogen) atoms. The highest BCUT2D eigenvalue weighted by atomic mass is 16.5. The molecule has 1 aromatic rings. The SMILES string of the molecule is CCOC(=O)C(Cc1ccc(OC)c(C(=O)O)c1)C(C)C. The average molecular weight is 294 g/mol. The first kappa shape index (κ1) is 17.0. The number of esters is 1. The summed E-state index contributed by atoms with van der Waals surface area (Å²) in [6.45, 7) is 6.00. The molecule has 116 valence electrons. The van der Waals surface area contributed by atoms with Crippen LogP contribution in [-0.2, 0) is 16.0 Å². The highest BCUT2D eigenvalue weighted by Gasteiger charge is 2.24. The second kappa shape index (κ2) is 7.67. The first-order valence-electron chi connectivity index (χ1n) is 6.97. The number of aromatic carboxylic acids is 1. The van der Waals surface area contributed by atoms with Crippen LogP contribution in [0, 0.1) is 11.8 Å². The van der Waals surface area contributed by atoms with E-state index in [1.54, 1.807) is 25.1 Å². The van der Waals surface area contributed by atoms with Crippen molar-refractivity contribution < 1.29 is 24.2 Å². The lowest BCUT2D eigenvalue weighted by molar-refractivity contribution is -0.149. The molecule has 1 N–H and O–H groups in total. The van der Waals surface area contributed by atoms with Crippen LogP contribution in [0.5, 0.6) is 5.75 Å². The highest BCUT2D eigenvalue weighted by Crippen LogP contribution is 2.24. The van der Waals surface area contributed by atoms with Crippen LogP contribution in [0.4, 0.5) is 0 Å². The summed E-state index contributed by atoms with van der Waals surface area (Å²) in [6.07, 6.45) is 0.445. The molecular formula is C16H22O5. The highest BCUT2D eigenvalue weighted by molar-refractivity contribution is 5.91. The van der Waals surface area contributed by atoms with Gasteiger partial charge in [0.2, 0.25) is 0 Å². The summed E-state index contributed by atoms with van der Waals surface area (Å²) < 4.78 is 10.1. The van der Waals surface area contributed by atoms with Crippen LogP contribution in [0.3, 0.4) is 0 Å². The minimum atomic E-state index is -1.05. The number of hydrogen-bond donors (Lipinski definition) is 1. The molecule has 0 spiro atoms. The summed E-state index contributed by atoms with van der Waals surface area (Å²) in [6, 6.07) is 4.94. The summed E-state index contributed by atoms with van der Waals surface area (Å²) in [5.41, 5.74) is 0.876. The Morgan fingerprint density at radius 3 is 2.43 bits per heavy atom. The van der Waals surface area contributed by atoms with Crippen molar-refractivity contribution in [1.82, 2.24) is 0 Å². The quantitative estimate of drug-likeness (QED) is 0.783. The maximum absolute atomic E-state index is 12.0. The van der Waals surface area contributed by atoms with Crippen LogP contribution in [-0.4, -0.2) is 30.8 Å². The largest absolute Gasteiger partial charge is 0.496 e. The summed E-state index contributed by atoms with van der Waals surface area (Å²) in [4.78, 5) is 23.2. The zero-order chi connectivity index (χ0) is 16.0. The Morgan fingerprint density at radius 2 is 1.95 bits per heavy atom. The number of carboxylic acids is 1. The van der Waals surface area contributed by atoms with Gasteiger partial charge in [-0.15, -0.1) is 0 Å². The van der Waals surface area contributed by atoms with E-state index in [4.69, 9.17) is 9.47 Å². The average Bonchev–Trinajstić information content (AvgIpc) is 2.44. The summed E-state index contributed by atoms with van der Waals surface area (Å²) in [5.74, 6) is -1.17. The van der Waals surface area contributed by atoms with Crippen LogP contribution >= 0.6 is 0 Å². The van der Waals surface area contributed by atoms with Gasteiger partial charge in [0, 0.05) is 0 Å². The minimum Gasteiger partial charge on any atom is -0.496 e. The number of ether oxygens (including phenoxy) is 2. The van der Waals surface area contributed by atoms with E-state index in [-0.39, 0.29) is 23.4 Å². The van der Waals surface area contributed by atoms with Gasteiger partial charge in [-0.2, -0.15) is 0 Å². The Morgan fingerprint density at radius 1 is 1.29 bits per heavy atom. The predicted octanol–water partition coefficient (Wildman–Crippen LogP) is 2.77. The van der Waals surface area contributed by atoms with Crippen LogP contribution in [0.25, 0.3) is 0 Å². The van der Waals surface area contributed by atoms with Crippen molar-refractivity contribution in [3.8, 4) is 5.75 Å². The van der Waals surface area contributed by atoms with Gasteiger partial charge < -0.3 is 14.6 Å². The van der Waals surface area contributed by atoms with E-state index in [1.165, 1.54) is 7.11 Å². The molecule has 0 aromatic heterocycles. The van der Waals surface area contributed by atoms with E-state index in [0.29, 0.717) is 18.8 Å². The lowest BCUT2D eigenvalue weighted by Gasteiger charge is -2.19. The van der Waals surface area contributed by atoms with Crippen molar-refractivity contribution in [3.05, 3.63) is 29.3 Å². The van der Waals surface area contributed by atoms with E-state index in [1.807, 2.05) is 13.8 Å². The maximum atomic E-state index is 12.0. The second-order valence-electron chi connectivity index (χ2n) is 5.15. The monoisotopic (exact) mass is 294 g/mol. The van der Waals surface area contributed by atoms with Gasteiger partial charge in [0.15, 0.2) is 0 Å². The lowest BCUT2D eigenvalue weighted by Crippen LogP contribution is -2.25. The van der Waals surface area contributed by atoms with Gasteiger partial charge in [0.1, 0.15) is 11.3 Å². The number of methoxy groups -OCH3 is 1. The molecule has 0 amide bonds. The first-order valence-corrected chi connectivity index (χ1v) is 6.97. The van der Waals surface area contributed by atoms with Gasteiger partial charge in [-0.25, -0.2) is 4.79 Å². The van der Waals surface area contributed by atoms with Crippen molar-refractivity contribution in [3.63, 3.8) is 0 Å². The van der Waals surface area contributed by atoms with Crippen molar-refractivity contribution >= 4 is 11.9 Å². The molecular weight excluding hydrogens is 272 g/mol. The lowest BCUT2D eigenvalue weighted by atomic mass is 9.88. The molecule has 1 unspecified atom stereocenters. The standard InChI is InChI=1S/C16H22O5/c1-5-21-16(19)12(10(2)3)8-11-6-7-14(20-4)13(9-11)15(17)18/h6-7,9-10,12H,5,8H2,1-4H3,(H,17,18). The van der Waals surface area contributed by atoms with E-state index >= 15 is 0 Å². The normalized spacial score (nSPS) is 12.0. The van der Waals surface area contributed by atoms with Gasteiger partial charge in [-0.05, 0) is 37.0 Å². The second-order valence-corrected chi connectivity index (χ2v) is 5.15. The van der Waals surface area contributed by atoms with Crippen molar-refractivity contribution in [2.24, 2.45) is 11.8 Å². The van der Waals surface area contributed by atoms with Gasteiger partial charge in [0.25, 0.3) is 0 Å². The van der Waals surface area contributed by atoms with Gasteiger partial charge >= 0.3 is 11.9 Å². The Hall–Kier alpha value is -2.04. The third-order valence-electron chi connectivity index (χ3n) is 3.34. The summed E-state index contributed by atoms with van der Waals surface area (Å²) >= 11 is 0. The van der Waals surface area contributed by atoms with E-state index in [0.717, 1.165) is 5.56 Å². The van der Waals surface area contributed by atoms with Gasteiger partial charge in [0.05, 0.1) is 19.6 Å². The third-order valence-corrected chi connectivity index (χ3v) is 3.34. The summed E-state index contributed by atoms with van der Waals surface area (Å²) in [5, 5.41) is 9.19. The Labute approximate surface area is 124 Å². The van der Waals surface area contributed by atoms with Crippen LogP contribution in [0.2, 0.25) is 0 Å². The van der Waals surface area contributed by atoms with Crippen molar-refractivity contribution in [2.45, 2.75) is 27.2 Å². The van der Waals surface area contributed by atoms with E-state index < -0.39 is 5.97 Å². The molecule has 0 aliphatic heterocycles. The van der Waals surface area contributed by atoms with Gasteiger partial charge in [-0.3, -0.25) is 4.79 Å². The molecule has 0 aliphatic carbocycles. The smallest absolute Gasteiger partial charge is 0.339 e.